The van der Waals surface area contributed by atoms with Gasteiger partial charge >= 0.3 is 0 Å². The summed E-state index contributed by atoms with van der Waals surface area (Å²) >= 11 is 0. The van der Waals surface area contributed by atoms with Crippen LogP contribution in [0.4, 0.5) is 0 Å². The molecule has 6 nitrogen and oxygen atoms in total. The highest BCUT2D eigenvalue weighted by Crippen LogP contribution is 2.22. The molecule has 1 atom stereocenters. The largest absolute Gasteiger partial charge is 0.496 e. The van der Waals surface area contributed by atoms with Crippen molar-refractivity contribution in [3.05, 3.63) is 29.3 Å². The molecule has 2 amide bonds. The van der Waals surface area contributed by atoms with Crippen molar-refractivity contribution in [3.63, 3.8) is 0 Å². The molecule has 2 fully saturated rings. The Morgan fingerprint density at radius 2 is 1.93 bits per heavy atom. The van der Waals surface area contributed by atoms with Crippen LogP contribution in [0.25, 0.3) is 0 Å². The van der Waals surface area contributed by atoms with Gasteiger partial charge in [0.2, 0.25) is 11.8 Å². The van der Waals surface area contributed by atoms with Crippen LogP contribution in [-0.4, -0.2) is 60.9 Å². The number of benzene rings is 1. The zero-order chi connectivity index (χ0) is 19.2. The maximum atomic E-state index is 12.8. The minimum absolute atomic E-state index is 0.0327. The topological polar surface area (TPSA) is 61.9 Å². The number of amides is 2. The second-order valence-electron chi connectivity index (χ2n) is 7.58. The average molecular weight is 373 g/mol. The summed E-state index contributed by atoms with van der Waals surface area (Å²) in [6.07, 6.45) is 4.78. The summed E-state index contributed by atoms with van der Waals surface area (Å²) < 4.78 is 5.33. The number of ether oxygens (including phenoxy) is 1. The van der Waals surface area contributed by atoms with E-state index in [1.54, 1.807) is 7.11 Å². The summed E-state index contributed by atoms with van der Waals surface area (Å²) in [6, 6.07) is 5.70. The van der Waals surface area contributed by atoms with E-state index in [-0.39, 0.29) is 18.2 Å². The SMILES string of the molecule is COc1ccc(CN2CCNC(=O)C2CC(=O)N2CCCCCC2)cc1C. The Balaban J connectivity index is 1.68. The van der Waals surface area contributed by atoms with Gasteiger partial charge in [0.25, 0.3) is 0 Å². The second-order valence-corrected chi connectivity index (χ2v) is 7.58. The number of rotatable bonds is 5. The Labute approximate surface area is 161 Å². The lowest BCUT2D eigenvalue weighted by atomic mass is 10.0. The number of hydrogen-bond donors (Lipinski definition) is 1. The highest BCUT2D eigenvalue weighted by atomic mass is 16.5. The van der Waals surface area contributed by atoms with Crippen molar-refractivity contribution in [3.8, 4) is 5.75 Å². The molecule has 0 aromatic heterocycles. The number of carbonyl (C=O) groups is 2. The predicted octanol–water partition coefficient (Wildman–Crippen LogP) is 2.10. The van der Waals surface area contributed by atoms with Crippen LogP contribution in [0, 0.1) is 6.92 Å². The second kappa shape index (κ2) is 9.22. The van der Waals surface area contributed by atoms with Crippen LogP contribution in [0.15, 0.2) is 18.2 Å². The van der Waals surface area contributed by atoms with Crippen LogP contribution in [0.2, 0.25) is 0 Å². The monoisotopic (exact) mass is 373 g/mol. The first kappa shape index (κ1) is 19.7. The van der Waals surface area contributed by atoms with Crippen LogP contribution in [0.3, 0.4) is 0 Å². The van der Waals surface area contributed by atoms with Crippen molar-refractivity contribution in [1.29, 1.82) is 0 Å². The maximum absolute atomic E-state index is 12.8. The molecule has 1 unspecified atom stereocenters. The van der Waals surface area contributed by atoms with E-state index in [1.807, 2.05) is 24.0 Å². The standard InChI is InChI=1S/C21H31N3O3/c1-16-13-17(7-8-19(16)27-2)15-24-12-9-22-21(26)18(24)14-20(25)23-10-5-3-4-6-11-23/h7-8,13,18H,3-6,9-12,14-15H2,1-2H3,(H,22,26). The first-order chi connectivity index (χ1) is 13.1. The first-order valence-corrected chi connectivity index (χ1v) is 10.0. The molecule has 0 saturated carbocycles. The summed E-state index contributed by atoms with van der Waals surface area (Å²) in [5.41, 5.74) is 2.21. The molecule has 2 aliphatic rings. The van der Waals surface area contributed by atoms with E-state index in [9.17, 15) is 9.59 Å². The van der Waals surface area contributed by atoms with Gasteiger partial charge in [0.1, 0.15) is 5.75 Å². The first-order valence-electron chi connectivity index (χ1n) is 10.0. The number of aryl methyl sites for hydroxylation is 1. The lowest BCUT2D eigenvalue weighted by Gasteiger charge is -2.35. The van der Waals surface area contributed by atoms with Gasteiger partial charge in [-0.1, -0.05) is 25.0 Å². The molecular weight excluding hydrogens is 342 g/mol. The van der Waals surface area contributed by atoms with E-state index in [2.05, 4.69) is 16.3 Å². The third kappa shape index (κ3) is 5.01. The van der Waals surface area contributed by atoms with E-state index < -0.39 is 6.04 Å². The number of carbonyl (C=O) groups excluding carboxylic acids is 2. The van der Waals surface area contributed by atoms with Gasteiger partial charge in [-0.25, -0.2) is 0 Å². The Morgan fingerprint density at radius 1 is 1.19 bits per heavy atom. The molecular formula is C21H31N3O3. The minimum Gasteiger partial charge on any atom is -0.496 e. The van der Waals surface area contributed by atoms with E-state index in [4.69, 9.17) is 4.74 Å². The van der Waals surface area contributed by atoms with E-state index >= 15 is 0 Å². The Hall–Kier alpha value is -2.08. The highest BCUT2D eigenvalue weighted by molar-refractivity contribution is 5.88. The molecule has 0 spiro atoms. The fourth-order valence-corrected chi connectivity index (χ4v) is 4.06. The molecule has 2 saturated heterocycles. The molecule has 148 valence electrons. The normalized spacial score (nSPS) is 21.5. The summed E-state index contributed by atoms with van der Waals surface area (Å²) in [5.74, 6) is 0.938. The quantitative estimate of drug-likeness (QED) is 0.859. The van der Waals surface area contributed by atoms with Crippen molar-refractivity contribution < 1.29 is 14.3 Å². The smallest absolute Gasteiger partial charge is 0.237 e. The Kier molecular flexibility index (Phi) is 6.72. The van der Waals surface area contributed by atoms with Gasteiger partial charge in [-0.2, -0.15) is 0 Å². The fraction of sp³-hybridized carbons (Fsp3) is 0.619. The molecule has 3 rings (SSSR count). The van der Waals surface area contributed by atoms with Gasteiger partial charge < -0.3 is 15.0 Å². The van der Waals surface area contributed by atoms with Crippen LogP contribution >= 0.6 is 0 Å². The zero-order valence-corrected chi connectivity index (χ0v) is 16.5. The molecule has 6 heteroatoms. The number of methoxy groups -OCH3 is 1. The van der Waals surface area contributed by atoms with E-state index in [0.717, 1.165) is 49.4 Å². The van der Waals surface area contributed by atoms with Crippen molar-refractivity contribution in [2.75, 3.05) is 33.3 Å². The van der Waals surface area contributed by atoms with Crippen LogP contribution in [-0.2, 0) is 16.1 Å². The number of piperazine rings is 1. The molecule has 0 aliphatic carbocycles. The Bertz CT molecular complexity index is 669. The molecule has 27 heavy (non-hydrogen) atoms. The van der Waals surface area contributed by atoms with Gasteiger partial charge in [-0.05, 0) is 37.0 Å². The maximum Gasteiger partial charge on any atom is 0.237 e. The molecule has 1 N–H and O–H groups in total. The molecule has 1 aromatic rings. The molecule has 2 aliphatic heterocycles. The van der Waals surface area contributed by atoms with Crippen molar-refractivity contribution >= 4 is 11.8 Å². The fourth-order valence-electron chi connectivity index (χ4n) is 4.06. The number of nitrogens with one attached hydrogen (secondary N) is 1. The predicted molar refractivity (Wildman–Crippen MR) is 105 cm³/mol. The van der Waals surface area contributed by atoms with Gasteiger partial charge in [0.15, 0.2) is 0 Å². The highest BCUT2D eigenvalue weighted by Gasteiger charge is 2.33. The van der Waals surface area contributed by atoms with Gasteiger partial charge in [-0.3, -0.25) is 14.5 Å². The minimum atomic E-state index is -0.392. The molecule has 0 radical (unpaired) electrons. The van der Waals surface area contributed by atoms with Gasteiger partial charge in [0.05, 0.1) is 19.6 Å². The van der Waals surface area contributed by atoms with Gasteiger partial charge in [-0.15, -0.1) is 0 Å². The zero-order valence-electron chi connectivity index (χ0n) is 16.5. The van der Waals surface area contributed by atoms with Crippen LogP contribution in [0.1, 0.15) is 43.2 Å². The number of nitrogens with zero attached hydrogens (tertiary/aromatic N) is 2. The molecule has 1 aromatic carbocycles. The van der Waals surface area contributed by atoms with Crippen LogP contribution < -0.4 is 10.1 Å². The third-order valence-corrected chi connectivity index (χ3v) is 5.61. The lowest BCUT2D eigenvalue weighted by Crippen LogP contribution is -2.56. The van der Waals surface area contributed by atoms with E-state index in [0.29, 0.717) is 13.1 Å². The van der Waals surface area contributed by atoms with Gasteiger partial charge in [0, 0.05) is 32.7 Å². The van der Waals surface area contributed by atoms with Crippen molar-refractivity contribution in [1.82, 2.24) is 15.1 Å². The van der Waals surface area contributed by atoms with E-state index in [1.165, 1.54) is 12.8 Å². The average Bonchev–Trinajstić information content (AvgIpc) is 2.94. The van der Waals surface area contributed by atoms with Crippen LogP contribution in [0.5, 0.6) is 5.75 Å². The Morgan fingerprint density at radius 3 is 2.59 bits per heavy atom. The third-order valence-electron chi connectivity index (χ3n) is 5.61. The molecule has 0 bridgehead atoms. The summed E-state index contributed by atoms with van der Waals surface area (Å²) in [7, 11) is 1.67. The summed E-state index contributed by atoms with van der Waals surface area (Å²) in [4.78, 5) is 29.4. The number of likely N-dealkylation sites (tertiary alicyclic amines) is 1. The van der Waals surface area contributed by atoms with Crippen molar-refractivity contribution in [2.45, 2.75) is 51.6 Å². The summed E-state index contributed by atoms with van der Waals surface area (Å²) in [6.45, 7) is 5.72. The lowest BCUT2D eigenvalue weighted by molar-refractivity contribution is -0.139. The number of hydrogen-bond acceptors (Lipinski definition) is 4. The van der Waals surface area contributed by atoms with Crippen molar-refractivity contribution in [2.24, 2.45) is 0 Å². The molecule has 2 heterocycles. The summed E-state index contributed by atoms with van der Waals surface area (Å²) in [5, 5.41) is 2.93.